The van der Waals surface area contributed by atoms with Crippen molar-refractivity contribution in [3.63, 3.8) is 0 Å². The van der Waals surface area contributed by atoms with Gasteiger partial charge < -0.3 is 15.3 Å². The third-order valence-corrected chi connectivity index (χ3v) is 2.78. The molecule has 0 fully saturated rings. The highest BCUT2D eigenvalue weighted by Crippen LogP contribution is 2.19. The fraction of sp³-hybridized carbons (Fsp3) is 0.500. The third-order valence-electron chi connectivity index (χ3n) is 2.48. The fourth-order valence-electron chi connectivity index (χ4n) is 1.57. The van der Waals surface area contributed by atoms with Crippen LogP contribution in [0.25, 0.3) is 0 Å². The molecule has 1 aromatic rings. The lowest BCUT2D eigenvalue weighted by molar-refractivity contribution is 0.0732. The summed E-state index contributed by atoms with van der Waals surface area (Å²) in [6, 6.07) is 1.63. The molecule has 2 N–H and O–H groups in total. The molecule has 6 heteroatoms. The zero-order valence-corrected chi connectivity index (χ0v) is 11.4. The number of hydrogen-bond donors (Lipinski definition) is 2. The molecule has 0 aliphatic carbocycles. The number of likely N-dealkylation sites (N-methyl/N-ethyl adjacent to an activating group) is 1. The normalized spacial score (nSPS) is 10.2. The van der Waals surface area contributed by atoms with Gasteiger partial charge in [0.1, 0.15) is 5.82 Å². The third kappa shape index (κ3) is 3.58. The first-order valence-corrected chi connectivity index (χ1v) is 6.31. The van der Waals surface area contributed by atoms with E-state index < -0.39 is 0 Å². The average Bonchev–Trinajstić information content (AvgIpc) is 2.37. The minimum absolute atomic E-state index is 0.0671. The zero-order chi connectivity index (χ0) is 13.5. The van der Waals surface area contributed by atoms with Crippen molar-refractivity contribution in [2.24, 2.45) is 0 Å². The van der Waals surface area contributed by atoms with Gasteiger partial charge in [0.15, 0.2) is 0 Å². The molecule has 0 saturated heterocycles. The summed E-state index contributed by atoms with van der Waals surface area (Å²) < 4.78 is 0. The molecule has 0 saturated carbocycles. The van der Waals surface area contributed by atoms with Crippen molar-refractivity contribution in [3.8, 4) is 0 Å². The van der Waals surface area contributed by atoms with Crippen LogP contribution in [0.1, 0.15) is 24.2 Å². The van der Waals surface area contributed by atoms with E-state index in [2.05, 4.69) is 10.3 Å². The molecule has 0 spiro atoms. The van der Waals surface area contributed by atoms with Crippen LogP contribution < -0.4 is 5.32 Å². The van der Waals surface area contributed by atoms with Gasteiger partial charge in [-0.25, -0.2) is 4.98 Å². The SMILES string of the molecule is CCNc1cc(C(=O)N(CC)CCO)c(Cl)cn1. The first-order chi connectivity index (χ1) is 8.63. The highest BCUT2D eigenvalue weighted by molar-refractivity contribution is 6.33. The van der Waals surface area contributed by atoms with E-state index in [1.54, 1.807) is 6.07 Å². The number of aliphatic hydroxyl groups is 1. The monoisotopic (exact) mass is 271 g/mol. The van der Waals surface area contributed by atoms with Crippen LogP contribution in [-0.2, 0) is 0 Å². The molecule has 0 bridgehead atoms. The lowest BCUT2D eigenvalue weighted by Gasteiger charge is -2.20. The Morgan fingerprint density at radius 1 is 1.56 bits per heavy atom. The molecule has 1 heterocycles. The van der Waals surface area contributed by atoms with Gasteiger partial charge in [-0.05, 0) is 19.9 Å². The lowest BCUT2D eigenvalue weighted by atomic mass is 10.2. The molecular weight excluding hydrogens is 254 g/mol. The van der Waals surface area contributed by atoms with E-state index in [4.69, 9.17) is 16.7 Å². The number of rotatable bonds is 6. The van der Waals surface area contributed by atoms with E-state index in [0.717, 1.165) is 6.54 Å². The first-order valence-electron chi connectivity index (χ1n) is 5.93. The minimum atomic E-state index is -0.196. The largest absolute Gasteiger partial charge is 0.395 e. The second kappa shape index (κ2) is 7.18. The van der Waals surface area contributed by atoms with Gasteiger partial charge in [0.2, 0.25) is 0 Å². The summed E-state index contributed by atoms with van der Waals surface area (Å²) in [5.41, 5.74) is 0.401. The van der Waals surface area contributed by atoms with Gasteiger partial charge in [0, 0.05) is 25.8 Å². The van der Waals surface area contributed by atoms with Crippen LogP contribution in [0.5, 0.6) is 0 Å². The highest BCUT2D eigenvalue weighted by atomic mass is 35.5. The van der Waals surface area contributed by atoms with E-state index in [1.807, 2.05) is 13.8 Å². The van der Waals surface area contributed by atoms with E-state index in [-0.39, 0.29) is 12.5 Å². The maximum atomic E-state index is 12.2. The van der Waals surface area contributed by atoms with E-state index in [1.165, 1.54) is 11.1 Å². The van der Waals surface area contributed by atoms with Crippen LogP contribution >= 0.6 is 11.6 Å². The average molecular weight is 272 g/mol. The Kier molecular flexibility index (Phi) is 5.88. The van der Waals surface area contributed by atoms with Crippen LogP contribution in [0.2, 0.25) is 5.02 Å². The van der Waals surface area contributed by atoms with Crippen LogP contribution in [0.3, 0.4) is 0 Å². The van der Waals surface area contributed by atoms with Crippen molar-refractivity contribution in [1.29, 1.82) is 0 Å². The molecule has 1 amide bonds. The number of nitrogens with zero attached hydrogens (tertiary/aromatic N) is 2. The summed E-state index contributed by atoms with van der Waals surface area (Å²) in [5.74, 6) is 0.420. The predicted molar refractivity (Wildman–Crippen MR) is 72.1 cm³/mol. The van der Waals surface area contributed by atoms with Crippen molar-refractivity contribution in [3.05, 3.63) is 22.8 Å². The zero-order valence-electron chi connectivity index (χ0n) is 10.6. The Balaban J connectivity index is 2.99. The van der Waals surface area contributed by atoms with Crippen LogP contribution in [0.4, 0.5) is 5.82 Å². The molecule has 0 atom stereocenters. The van der Waals surface area contributed by atoms with E-state index in [0.29, 0.717) is 29.5 Å². The molecule has 0 aliphatic rings. The summed E-state index contributed by atoms with van der Waals surface area (Å²) in [5, 5.41) is 12.3. The number of aromatic nitrogens is 1. The molecule has 0 radical (unpaired) electrons. The smallest absolute Gasteiger partial charge is 0.255 e. The van der Waals surface area contributed by atoms with Gasteiger partial charge in [0.05, 0.1) is 17.2 Å². The Hall–Kier alpha value is -1.33. The Morgan fingerprint density at radius 2 is 2.28 bits per heavy atom. The molecule has 18 heavy (non-hydrogen) atoms. The summed E-state index contributed by atoms with van der Waals surface area (Å²) in [6.07, 6.45) is 1.46. The number of aliphatic hydroxyl groups excluding tert-OH is 1. The lowest BCUT2D eigenvalue weighted by Crippen LogP contribution is -2.33. The van der Waals surface area contributed by atoms with Crippen LogP contribution in [0, 0.1) is 0 Å². The Morgan fingerprint density at radius 3 is 2.83 bits per heavy atom. The van der Waals surface area contributed by atoms with E-state index >= 15 is 0 Å². The molecular formula is C12H18ClN3O2. The summed E-state index contributed by atoms with van der Waals surface area (Å²) >= 11 is 5.99. The Labute approximate surface area is 112 Å². The minimum Gasteiger partial charge on any atom is -0.395 e. The topological polar surface area (TPSA) is 65.5 Å². The molecule has 100 valence electrons. The van der Waals surface area contributed by atoms with Crippen molar-refractivity contribution in [1.82, 2.24) is 9.88 Å². The van der Waals surface area contributed by atoms with Crippen molar-refractivity contribution in [2.75, 3.05) is 31.6 Å². The number of hydrogen-bond acceptors (Lipinski definition) is 4. The summed E-state index contributed by atoms with van der Waals surface area (Å²) in [6.45, 7) is 5.27. The maximum absolute atomic E-state index is 12.2. The fourth-order valence-corrected chi connectivity index (χ4v) is 1.76. The quantitative estimate of drug-likeness (QED) is 0.825. The molecule has 1 rings (SSSR count). The van der Waals surface area contributed by atoms with Crippen LogP contribution in [-0.4, -0.2) is 47.1 Å². The number of carbonyl (C=O) groups excluding carboxylic acids is 1. The van der Waals surface area contributed by atoms with Crippen LogP contribution in [0.15, 0.2) is 12.3 Å². The van der Waals surface area contributed by atoms with Crippen molar-refractivity contribution in [2.45, 2.75) is 13.8 Å². The molecule has 1 aromatic heterocycles. The number of carbonyl (C=O) groups is 1. The number of nitrogens with one attached hydrogen (secondary N) is 1. The number of pyridine rings is 1. The standard InChI is InChI=1S/C12H18ClN3O2/c1-3-14-11-7-9(10(13)8-15-11)12(18)16(4-2)5-6-17/h7-8,17H,3-6H2,1-2H3,(H,14,15). The molecule has 5 nitrogen and oxygen atoms in total. The Bertz CT molecular complexity index is 412. The molecule has 0 aromatic carbocycles. The van der Waals surface area contributed by atoms with Gasteiger partial charge in [-0.15, -0.1) is 0 Å². The highest BCUT2D eigenvalue weighted by Gasteiger charge is 2.17. The summed E-state index contributed by atoms with van der Waals surface area (Å²) in [7, 11) is 0. The maximum Gasteiger partial charge on any atom is 0.255 e. The predicted octanol–water partition coefficient (Wildman–Crippen LogP) is 1.62. The number of anilines is 1. The van der Waals surface area contributed by atoms with Gasteiger partial charge in [0.25, 0.3) is 5.91 Å². The van der Waals surface area contributed by atoms with Crippen molar-refractivity contribution < 1.29 is 9.90 Å². The second-order valence-electron chi connectivity index (χ2n) is 3.69. The van der Waals surface area contributed by atoms with E-state index in [9.17, 15) is 4.79 Å². The van der Waals surface area contributed by atoms with Gasteiger partial charge in [-0.2, -0.15) is 0 Å². The van der Waals surface area contributed by atoms with Gasteiger partial charge in [-0.1, -0.05) is 11.6 Å². The summed E-state index contributed by atoms with van der Waals surface area (Å²) in [4.78, 5) is 17.8. The van der Waals surface area contributed by atoms with Gasteiger partial charge >= 0.3 is 0 Å². The molecule has 0 aliphatic heterocycles. The first kappa shape index (κ1) is 14.7. The van der Waals surface area contributed by atoms with Crippen molar-refractivity contribution >= 4 is 23.3 Å². The van der Waals surface area contributed by atoms with Gasteiger partial charge in [-0.3, -0.25) is 4.79 Å². The second-order valence-corrected chi connectivity index (χ2v) is 4.10. The number of halogens is 1. The number of amides is 1. The molecule has 0 unspecified atom stereocenters.